The summed E-state index contributed by atoms with van der Waals surface area (Å²) in [6.07, 6.45) is 2.49. The Morgan fingerprint density at radius 1 is 1.24 bits per heavy atom. The van der Waals surface area contributed by atoms with Crippen LogP contribution >= 0.6 is 0 Å². The van der Waals surface area contributed by atoms with Gasteiger partial charge in [-0.15, -0.1) is 0 Å². The second-order valence-electron chi connectivity index (χ2n) is 6.02. The van der Waals surface area contributed by atoms with Crippen LogP contribution in [-0.2, 0) is 0 Å². The Labute approximate surface area is 144 Å². The maximum absolute atomic E-state index is 12.9. The Hall–Kier alpha value is -3.16. The van der Waals surface area contributed by atoms with Crippen LogP contribution in [0.25, 0.3) is 0 Å². The van der Waals surface area contributed by atoms with E-state index in [-0.39, 0.29) is 18.0 Å². The lowest BCUT2D eigenvalue weighted by molar-refractivity contribution is 0.0958. The van der Waals surface area contributed by atoms with Gasteiger partial charge in [0.1, 0.15) is 11.5 Å². The Balaban J connectivity index is 1.71. The summed E-state index contributed by atoms with van der Waals surface area (Å²) in [4.78, 5) is 37.3. The minimum absolute atomic E-state index is 0.0312. The SMILES string of the molecule is CNC(=O)c1ccc2c(n1)N(C(=O)Nc1ccccn1)[C@H]1CCN2C1. The van der Waals surface area contributed by atoms with Crippen LogP contribution in [0.2, 0.25) is 0 Å². The molecule has 2 bridgehead atoms. The maximum atomic E-state index is 12.9. The normalized spacial score (nSPS) is 17.9. The Kier molecular flexibility index (Phi) is 3.72. The zero-order valence-electron chi connectivity index (χ0n) is 13.8. The lowest BCUT2D eigenvalue weighted by Gasteiger charge is -2.35. The summed E-state index contributed by atoms with van der Waals surface area (Å²) in [5, 5.41) is 5.38. The molecule has 1 atom stereocenters. The van der Waals surface area contributed by atoms with Crippen molar-refractivity contribution in [3.8, 4) is 0 Å². The van der Waals surface area contributed by atoms with Gasteiger partial charge in [-0.05, 0) is 30.7 Å². The predicted octanol–water partition coefficient (Wildman–Crippen LogP) is 1.47. The monoisotopic (exact) mass is 338 g/mol. The minimum Gasteiger partial charge on any atom is -0.366 e. The standard InChI is InChI=1S/C17H18N6O2/c1-18-16(24)12-5-6-13-15(20-12)23(11-7-9-22(13)10-11)17(25)21-14-4-2-3-8-19-14/h2-6,8,11H,7,9-10H2,1H3,(H,18,24)(H,19,21,25)/t11-/m0/s1. The molecule has 4 rings (SSSR count). The van der Waals surface area contributed by atoms with Crippen molar-refractivity contribution in [3.63, 3.8) is 0 Å². The lowest BCUT2D eigenvalue weighted by Crippen LogP contribution is -2.48. The van der Waals surface area contributed by atoms with E-state index in [9.17, 15) is 9.59 Å². The number of hydrogen-bond donors (Lipinski definition) is 2. The number of hydrogen-bond acceptors (Lipinski definition) is 5. The van der Waals surface area contributed by atoms with Crippen LogP contribution in [-0.4, -0.2) is 48.1 Å². The van der Waals surface area contributed by atoms with Crippen molar-refractivity contribution >= 4 is 29.3 Å². The average Bonchev–Trinajstić information content (AvgIpc) is 3.06. The van der Waals surface area contributed by atoms with E-state index in [1.54, 1.807) is 36.3 Å². The Morgan fingerprint density at radius 2 is 2.12 bits per heavy atom. The lowest BCUT2D eigenvalue weighted by atomic mass is 10.1. The molecule has 0 radical (unpaired) electrons. The zero-order chi connectivity index (χ0) is 17.4. The highest BCUT2D eigenvalue weighted by molar-refractivity contribution is 6.04. The number of rotatable bonds is 2. The second-order valence-corrected chi connectivity index (χ2v) is 6.02. The molecule has 1 saturated heterocycles. The fourth-order valence-corrected chi connectivity index (χ4v) is 3.33. The van der Waals surface area contributed by atoms with E-state index < -0.39 is 0 Å². The summed E-state index contributed by atoms with van der Waals surface area (Å²) in [7, 11) is 1.56. The van der Waals surface area contributed by atoms with Gasteiger partial charge in [-0.3, -0.25) is 15.0 Å². The molecule has 8 nitrogen and oxygen atoms in total. The summed E-state index contributed by atoms with van der Waals surface area (Å²) in [5.41, 5.74) is 1.16. The molecule has 2 N–H and O–H groups in total. The van der Waals surface area contributed by atoms with E-state index in [2.05, 4.69) is 25.5 Å². The molecule has 4 heterocycles. The van der Waals surface area contributed by atoms with Crippen molar-refractivity contribution < 1.29 is 9.59 Å². The summed E-state index contributed by atoms with van der Waals surface area (Å²) in [6.45, 7) is 1.63. The maximum Gasteiger partial charge on any atom is 0.329 e. The first-order valence-electron chi connectivity index (χ1n) is 8.16. The first-order chi connectivity index (χ1) is 12.2. The summed E-state index contributed by atoms with van der Waals surface area (Å²) < 4.78 is 0. The average molecular weight is 338 g/mol. The highest BCUT2D eigenvalue weighted by Crippen LogP contribution is 2.39. The number of anilines is 3. The van der Waals surface area contributed by atoms with Crippen LogP contribution < -0.4 is 20.4 Å². The molecular formula is C17H18N6O2. The molecule has 0 saturated carbocycles. The number of pyridine rings is 2. The molecule has 2 aliphatic rings. The van der Waals surface area contributed by atoms with E-state index in [1.807, 2.05) is 12.1 Å². The van der Waals surface area contributed by atoms with Crippen molar-refractivity contribution in [1.82, 2.24) is 15.3 Å². The first-order valence-corrected chi connectivity index (χ1v) is 8.16. The van der Waals surface area contributed by atoms with Crippen LogP contribution in [0.5, 0.6) is 0 Å². The molecule has 0 unspecified atom stereocenters. The van der Waals surface area contributed by atoms with Gasteiger partial charge in [-0.2, -0.15) is 0 Å². The third-order valence-electron chi connectivity index (χ3n) is 4.53. The van der Waals surface area contributed by atoms with Crippen molar-refractivity contribution in [2.45, 2.75) is 12.5 Å². The number of urea groups is 1. The van der Waals surface area contributed by atoms with Gasteiger partial charge < -0.3 is 10.2 Å². The topological polar surface area (TPSA) is 90.5 Å². The number of aromatic nitrogens is 2. The minimum atomic E-state index is -0.284. The third-order valence-corrected chi connectivity index (χ3v) is 4.53. The predicted molar refractivity (Wildman–Crippen MR) is 94.0 cm³/mol. The number of fused-ring (bicyclic) bond motifs is 4. The molecule has 25 heavy (non-hydrogen) atoms. The molecule has 3 amide bonds. The number of carbonyl (C=O) groups excluding carboxylic acids is 2. The number of carbonyl (C=O) groups is 2. The van der Waals surface area contributed by atoms with Crippen molar-refractivity contribution in [2.75, 3.05) is 35.3 Å². The number of nitrogens with zero attached hydrogens (tertiary/aromatic N) is 4. The first kappa shape index (κ1) is 15.4. The molecule has 8 heteroatoms. The molecule has 0 aliphatic carbocycles. The van der Waals surface area contributed by atoms with Gasteiger partial charge >= 0.3 is 6.03 Å². The molecule has 1 fully saturated rings. The van der Waals surface area contributed by atoms with Gasteiger partial charge in [0.05, 0.1) is 11.7 Å². The van der Waals surface area contributed by atoms with Crippen LogP contribution in [0, 0.1) is 0 Å². The van der Waals surface area contributed by atoms with Gasteiger partial charge in [-0.25, -0.2) is 14.8 Å². The number of amides is 3. The zero-order valence-corrected chi connectivity index (χ0v) is 13.8. The fraction of sp³-hybridized carbons (Fsp3) is 0.294. The van der Waals surface area contributed by atoms with Gasteiger partial charge in [-0.1, -0.05) is 6.07 Å². The van der Waals surface area contributed by atoms with E-state index in [1.165, 1.54) is 0 Å². The smallest absolute Gasteiger partial charge is 0.329 e. The molecule has 2 aromatic heterocycles. The van der Waals surface area contributed by atoms with E-state index >= 15 is 0 Å². The van der Waals surface area contributed by atoms with E-state index in [4.69, 9.17) is 0 Å². The molecule has 0 spiro atoms. The van der Waals surface area contributed by atoms with Crippen molar-refractivity contribution in [3.05, 3.63) is 42.2 Å². The van der Waals surface area contributed by atoms with Gasteiger partial charge in [0.15, 0.2) is 5.82 Å². The number of nitrogens with one attached hydrogen (secondary N) is 2. The summed E-state index contributed by atoms with van der Waals surface area (Å²) in [5.74, 6) is 0.723. The summed E-state index contributed by atoms with van der Waals surface area (Å²) >= 11 is 0. The van der Waals surface area contributed by atoms with Crippen LogP contribution in [0.15, 0.2) is 36.5 Å². The highest BCUT2D eigenvalue weighted by Gasteiger charge is 2.40. The van der Waals surface area contributed by atoms with Crippen LogP contribution in [0.1, 0.15) is 16.9 Å². The van der Waals surface area contributed by atoms with Crippen LogP contribution in [0.3, 0.4) is 0 Å². The van der Waals surface area contributed by atoms with Gasteiger partial charge in [0, 0.05) is 26.3 Å². The Morgan fingerprint density at radius 3 is 2.88 bits per heavy atom. The van der Waals surface area contributed by atoms with E-state index in [0.717, 1.165) is 25.2 Å². The molecular weight excluding hydrogens is 320 g/mol. The molecule has 2 aliphatic heterocycles. The quantitative estimate of drug-likeness (QED) is 0.865. The second kappa shape index (κ2) is 6.04. The third kappa shape index (κ3) is 2.65. The van der Waals surface area contributed by atoms with Gasteiger partial charge in [0.25, 0.3) is 5.91 Å². The van der Waals surface area contributed by atoms with Crippen molar-refractivity contribution in [1.29, 1.82) is 0 Å². The highest BCUT2D eigenvalue weighted by atomic mass is 16.2. The molecule has 2 aromatic rings. The summed E-state index contributed by atoms with van der Waals surface area (Å²) in [6, 6.07) is 8.62. The molecule has 0 aromatic carbocycles. The molecule has 128 valence electrons. The van der Waals surface area contributed by atoms with Crippen LogP contribution in [0.4, 0.5) is 22.1 Å². The van der Waals surface area contributed by atoms with Gasteiger partial charge in [0.2, 0.25) is 0 Å². The Bertz CT molecular complexity index is 825. The largest absolute Gasteiger partial charge is 0.366 e. The van der Waals surface area contributed by atoms with Crippen molar-refractivity contribution in [2.24, 2.45) is 0 Å². The van der Waals surface area contributed by atoms with E-state index in [0.29, 0.717) is 17.3 Å². The fourth-order valence-electron chi connectivity index (χ4n) is 3.33.